The third kappa shape index (κ3) is 3.18. The molecule has 0 atom stereocenters. The molecule has 2 N–H and O–H groups in total. The molecule has 0 aliphatic carbocycles. The molecule has 4 nitrogen and oxygen atoms in total. The van der Waals surface area contributed by atoms with Gasteiger partial charge in [-0.1, -0.05) is 36.4 Å². The fourth-order valence-corrected chi connectivity index (χ4v) is 3.48. The van der Waals surface area contributed by atoms with Gasteiger partial charge in [-0.25, -0.2) is 8.42 Å². The zero-order chi connectivity index (χ0) is 14.6. The number of hydrogen-bond acceptors (Lipinski definition) is 4. The summed E-state index contributed by atoms with van der Waals surface area (Å²) in [6.07, 6.45) is 0. The topological polar surface area (TPSA) is 69.4 Å². The molecule has 0 aliphatic heterocycles. The Bertz CT molecular complexity index is 679. The maximum Gasteiger partial charge on any atom is 0.186 e. The Balaban J connectivity index is 2.30. The van der Waals surface area contributed by atoms with Crippen LogP contribution in [0.4, 0.5) is 0 Å². The van der Waals surface area contributed by atoms with Gasteiger partial charge in [0.1, 0.15) is 10.6 Å². The molecule has 2 aromatic carbocycles. The molecule has 0 aromatic heterocycles. The third-order valence-electron chi connectivity index (χ3n) is 3.02. The predicted octanol–water partition coefficient (Wildman–Crippen LogP) is 2.13. The quantitative estimate of drug-likeness (QED) is 0.916. The van der Waals surface area contributed by atoms with Gasteiger partial charge >= 0.3 is 0 Å². The minimum absolute atomic E-state index is 0.0573. The first-order valence-electron chi connectivity index (χ1n) is 6.20. The highest BCUT2D eigenvalue weighted by Crippen LogP contribution is 2.26. The smallest absolute Gasteiger partial charge is 0.186 e. The minimum Gasteiger partial charge on any atom is -0.495 e. The molecule has 0 bridgehead atoms. The molecule has 0 spiro atoms. The lowest BCUT2D eigenvalue weighted by Crippen LogP contribution is -2.07. The molecule has 106 valence electrons. The van der Waals surface area contributed by atoms with Crippen molar-refractivity contribution in [2.45, 2.75) is 17.2 Å². The van der Waals surface area contributed by atoms with E-state index in [1.54, 1.807) is 36.4 Å². The fraction of sp³-hybridized carbons (Fsp3) is 0.200. The largest absolute Gasteiger partial charge is 0.495 e. The van der Waals surface area contributed by atoms with E-state index in [2.05, 4.69) is 0 Å². The van der Waals surface area contributed by atoms with Gasteiger partial charge in [0.2, 0.25) is 0 Å². The Kier molecular flexibility index (Phi) is 4.42. The molecule has 0 heterocycles. The van der Waals surface area contributed by atoms with Crippen LogP contribution in [0.5, 0.6) is 5.75 Å². The summed E-state index contributed by atoms with van der Waals surface area (Å²) < 4.78 is 30.0. The van der Waals surface area contributed by atoms with Gasteiger partial charge in [-0.15, -0.1) is 0 Å². The van der Waals surface area contributed by atoms with Crippen LogP contribution in [0.2, 0.25) is 0 Å². The van der Waals surface area contributed by atoms with Gasteiger partial charge in [0.25, 0.3) is 0 Å². The van der Waals surface area contributed by atoms with Gasteiger partial charge < -0.3 is 10.5 Å². The Morgan fingerprint density at radius 3 is 2.20 bits per heavy atom. The van der Waals surface area contributed by atoms with Crippen LogP contribution >= 0.6 is 0 Å². The summed E-state index contributed by atoms with van der Waals surface area (Å²) in [5.41, 5.74) is 7.23. The molecule has 0 amide bonds. The number of sulfone groups is 1. The van der Waals surface area contributed by atoms with Crippen LogP contribution in [0, 0.1) is 0 Å². The molecule has 2 aromatic rings. The Hall–Kier alpha value is -1.85. The predicted molar refractivity (Wildman–Crippen MR) is 78.2 cm³/mol. The number of methoxy groups -OCH3 is 1. The highest BCUT2D eigenvalue weighted by molar-refractivity contribution is 7.90. The summed E-state index contributed by atoms with van der Waals surface area (Å²) in [4.78, 5) is 0.213. The van der Waals surface area contributed by atoms with Gasteiger partial charge in [0, 0.05) is 6.54 Å². The number of hydrogen-bond donors (Lipinski definition) is 1. The SMILES string of the molecule is COc1ccccc1S(=O)(=O)Cc1ccc(CN)cc1. The second kappa shape index (κ2) is 6.07. The number of benzene rings is 2. The van der Waals surface area contributed by atoms with Gasteiger partial charge in [0.05, 0.1) is 12.9 Å². The highest BCUT2D eigenvalue weighted by atomic mass is 32.2. The number of para-hydroxylation sites is 1. The van der Waals surface area contributed by atoms with Gasteiger partial charge in [-0.2, -0.15) is 0 Å². The lowest BCUT2D eigenvalue weighted by molar-refractivity contribution is 0.402. The first-order valence-corrected chi connectivity index (χ1v) is 7.85. The molecule has 0 saturated heterocycles. The molecule has 0 fully saturated rings. The summed E-state index contributed by atoms with van der Waals surface area (Å²) in [6.45, 7) is 0.444. The Morgan fingerprint density at radius 1 is 1.00 bits per heavy atom. The average Bonchev–Trinajstić information content (AvgIpc) is 2.47. The average molecular weight is 291 g/mol. The first kappa shape index (κ1) is 14.6. The number of rotatable bonds is 5. The maximum atomic E-state index is 12.4. The molecule has 5 heteroatoms. The number of ether oxygens (including phenoxy) is 1. The van der Waals surface area contributed by atoms with E-state index < -0.39 is 9.84 Å². The van der Waals surface area contributed by atoms with Crippen LogP contribution in [0.1, 0.15) is 11.1 Å². The van der Waals surface area contributed by atoms with Gasteiger partial charge in [-0.05, 0) is 23.3 Å². The molecular formula is C15H17NO3S. The summed E-state index contributed by atoms with van der Waals surface area (Å²) in [5.74, 6) is 0.309. The van der Waals surface area contributed by atoms with Crippen LogP contribution in [-0.2, 0) is 22.1 Å². The van der Waals surface area contributed by atoms with E-state index in [9.17, 15) is 8.42 Å². The lowest BCUT2D eigenvalue weighted by atomic mass is 10.1. The van der Waals surface area contributed by atoms with E-state index in [4.69, 9.17) is 10.5 Å². The molecule has 2 rings (SSSR count). The zero-order valence-electron chi connectivity index (χ0n) is 11.2. The third-order valence-corrected chi connectivity index (χ3v) is 4.74. The monoisotopic (exact) mass is 291 g/mol. The van der Waals surface area contributed by atoms with Crippen LogP contribution in [0.25, 0.3) is 0 Å². The van der Waals surface area contributed by atoms with Crippen molar-refractivity contribution < 1.29 is 13.2 Å². The van der Waals surface area contributed by atoms with Crippen molar-refractivity contribution in [3.63, 3.8) is 0 Å². The van der Waals surface area contributed by atoms with E-state index in [1.165, 1.54) is 7.11 Å². The first-order chi connectivity index (χ1) is 9.56. The molecule has 0 aliphatic rings. The van der Waals surface area contributed by atoms with E-state index in [1.807, 2.05) is 12.1 Å². The van der Waals surface area contributed by atoms with Crippen LogP contribution in [-0.4, -0.2) is 15.5 Å². The number of nitrogens with two attached hydrogens (primary N) is 1. The molecule has 20 heavy (non-hydrogen) atoms. The Morgan fingerprint density at radius 2 is 1.60 bits per heavy atom. The summed E-state index contributed by atoms with van der Waals surface area (Å²) in [6, 6.07) is 13.9. The maximum absolute atomic E-state index is 12.4. The van der Waals surface area contributed by atoms with E-state index in [0.717, 1.165) is 11.1 Å². The fourth-order valence-electron chi connectivity index (χ4n) is 1.94. The summed E-state index contributed by atoms with van der Waals surface area (Å²) in [7, 11) is -1.97. The second-order valence-corrected chi connectivity index (χ2v) is 6.39. The lowest BCUT2D eigenvalue weighted by Gasteiger charge is -2.09. The van der Waals surface area contributed by atoms with Crippen LogP contribution < -0.4 is 10.5 Å². The standard InChI is InChI=1S/C15H17NO3S/c1-19-14-4-2-3-5-15(14)20(17,18)11-13-8-6-12(10-16)7-9-13/h2-9H,10-11,16H2,1H3. The van der Waals surface area contributed by atoms with Crippen molar-refractivity contribution >= 4 is 9.84 Å². The zero-order valence-corrected chi connectivity index (χ0v) is 12.1. The molecular weight excluding hydrogens is 274 g/mol. The van der Waals surface area contributed by atoms with E-state index >= 15 is 0 Å². The van der Waals surface area contributed by atoms with Crippen molar-refractivity contribution in [1.29, 1.82) is 0 Å². The van der Waals surface area contributed by atoms with Crippen molar-refractivity contribution in [3.8, 4) is 5.75 Å². The van der Waals surface area contributed by atoms with Gasteiger partial charge in [-0.3, -0.25) is 0 Å². The highest BCUT2D eigenvalue weighted by Gasteiger charge is 2.19. The normalized spacial score (nSPS) is 11.3. The van der Waals surface area contributed by atoms with E-state index in [-0.39, 0.29) is 10.6 Å². The Labute approximate surface area is 119 Å². The molecule has 0 saturated carbocycles. The summed E-state index contributed by atoms with van der Waals surface area (Å²) in [5, 5.41) is 0. The van der Waals surface area contributed by atoms with Crippen molar-refractivity contribution in [2.24, 2.45) is 5.73 Å². The minimum atomic E-state index is -3.43. The molecule has 0 unspecified atom stereocenters. The van der Waals surface area contributed by atoms with Crippen molar-refractivity contribution in [2.75, 3.05) is 7.11 Å². The van der Waals surface area contributed by atoms with Crippen molar-refractivity contribution in [1.82, 2.24) is 0 Å². The van der Waals surface area contributed by atoms with Crippen molar-refractivity contribution in [3.05, 3.63) is 59.7 Å². The molecule has 0 radical (unpaired) electrons. The van der Waals surface area contributed by atoms with Crippen LogP contribution in [0.15, 0.2) is 53.4 Å². The van der Waals surface area contributed by atoms with E-state index in [0.29, 0.717) is 12.3 Å². The van der Waals surface area contributed by atoms with Gasteiger partial charge in [0.15, 0.2) is 9.84 Å². The second-order valence-electron chi connectivity index (χ2n) is 4.43. The van der Waals surface area contributed by atoms with Crippen LogP contribution in [0.3, 0.4) is 0 Å². The summed E-state index contributed by atoms with van der Waals surface area (Å²) >= 11 is 0.